The third kappa shape index (κ3) is 3.71. The van der Waals surface area contributed by atoms with Gasteiger partial charge in [-0.15, -0.1) is 0 Å². The van der Waals surface area contributed by atoms with E-state index < -0.39 is 5.60 Å². The lowest BCUT2D eigenvalue weighted by molar-refractivity contribution is 0.00501. The molecule has 102 valence electrons. The number of anilines is 1. The summed E-state index contributed by atoms with van der Waals surface area (Å²) in [6, 6.07) is 7.73. The van der Waals surface area contributed by atoms with E-state index in [-0.39, 0.29) is 0 Å². The first-order chi connectivity index (χ1) is 9.02. The molecule has 2 rings (SSSR count). The Balaban J connectivity index is 2.01. The van der Waals surface area contributed by atoms with E-state index in [1.165, 1.54) is 0 Å². The van der Waals surface area contributed by atoms with Crippen LogP contribution in [0.1, 0.15) is 38.2 Å². The van der Waals surface area contributed by atoms with Gasteiger partial charge in [-0.1, -0.05) is 22.9 Å². The van der Waals surface area contributed by atoms with Gasteiger partial charge in [0.2, 0.25) is 0 Å². The van der Waals surface area contributed by atoms with E-state index in [1.807, 2.05) is 12.1 Å². The second-order valence-corrected chi connectivity index (χ2v) is 6.48. The minimum Gasteiger partial charge on any atom is -0.388 e. The largest absolute Gasteiger partial charge is 0.388 e. The molecule has 0 spiro atoms. The Kier molecular flexibility index (Phi) is 4.49. The normalized spacial score (nSPS) is 26.7. The van der Waals surface area contributed by atoms with Crippen molar-refractivity contribution in [2.45, 2.75) is 38.2 Å². The maximum Gasteiger partial charge on any atom is 0.101 e. The molecule has 0 unspecified atom stereocenters. The quantitative estimate of drug-likeness (QED) is 0.892. The number of nitrogens with one attached hydrogen (secondary N) is 1. The first kappa shape index (κ1) is 14.4. The molecular formula is C15H19BrN2O. The molecular weight excluding hydrogens is 304 g/mol. The molecule has 2 N–H and O–H groups in total. The summed E-state index contributed by atoms with van der Waals surface area (Å²) in [5.41, 5.74) is 0.756. The molecule has 1 aliphatic carbocycles. The Bertz CT molecular complexity index is 487. The average Bonchev–Trinajstić information content (AvgIpc) is 2.41. The lowest BCUT2D eigenvalue weighted by atomic mass is 9.79. The van der Waals surface area contributed by atoms with E-state index in [9.17, 15) is 5.11 Å². The Hall–Kier alpha value is -1.05. The number of rotatable bonds is 3. The first-order valence-electron chi connectivity index (χ1n) is 6.68. The van der Waals surface area contributed by atoms with Crippen LogP contribution >= 0.6 is 15.9 Å². The number of hydrogen-bond donors (Lipinski definition) is 2. The number of halogens is 1. The molecule has 0 bridgehead atoms. The number of nitriles is 1. The smallest absolute Gasteiger partial charge is 0.101 e. The van der Waals surface area contributed by atoms with Gasteiger partial charge in [0.1, 0.15) is 6.07 Å². The molecule has 1 saturated carbocycles. The van der Waals surface area contributed by atoms with Crippen molar-refractivity contribution in [1.29, 1.82) is 5.26 Å². The van der Waals surface area contributed by atoms with Crippen molar-refractivity contribution in [3.8, 4) is 6.07 Å². The van der Waals surface area contributed by atoms with Crippen LogP contribution in [0.15, 0.2) is 22.7 Å². The number of nitrogens with zero attached hydrogens (tertiary/aromatic N) is 1. The van der Waals surface area contributed by atoms with Crippen LogP contribution < -0.4 is 5.32 Å². The third-order valence-corrected chi connectivity index (χ3v) is 4.41. The number of aliphatic hydroxyl groups is 1. The van der Waals surface area contributed by atoms with Crippen molar-refractivity contribution >= 4 is 21.6 Å². The van der Waals surface area contributed by atoms with Gasteiger partial charge in [0.05, 0.1) is 16.9 Å². The fraction of sp³-hybridized carbons (Fsp3) is 0.533. The summed E-state index contributed by atoms with van der Waals surface area (Å²) in [6.45, 7) is 2.74. The van der Waals surface area contributed by atoms with E-state index in [2.05, 4.69) is 34.2 Å². The van der Waals surface area contributed by atoms with Crippen LogP contribution in [-0.2, 0) is 0 Å². The van der Waals surface area contributed by atoms with Crippen LogP contribution in [0.3, 0.4) is 0 Å². The fourth-order valence-electron chi connectivity index (χ4n) is 2.50. The highest BCUT2D eigenvalue weighted by Gasteiger charge is 2.31. The van der Waals surface area contributed by atoms with Crippen molar-refractivity contribution in [2.75, 3.05) is 11.9 Å². The molecule has 1 aromatic carbocycles. The molecule has 0 heterocycles. The van der Waals surface area contributed by atoms with Crippen LogP contribution in [0.25, 0.3) is 0 Å². The standard InChI is InChI=1S/C15H19BrN2O/c1-11-4-6-15(19,7-5-11)10-18-14-3-2-13(16)8-12(14)9-17/h2-3,8,11,18-19H,4-7,10H2,1H3. The molecule has 0 aromatic heterocycles. The lowest BCUT2D eigenvalue weighted by Crippen LogP contribution is -2.40. The van der Waals surface area contributed by atoms with Crippen LogP contribution in [0.2, 0.25) is 0 Å². The van der Waals surface area contributed by atoms with E-state index in [1.54, 1.807) is 6.07 Å². The zero-order valence-corrected chi connectivity index (χ0v) is 12.7. The molecule has 0 atom stereocenters. The summed E-state index contributed by atoms with van der Waals surface area (Å²) in [7, 11) is 0. The SMILES string of the molecule is CC1CCC(O)(CNc2ccc(Br)cc2C#N)CC1. The Morgan fingerprint density at radius 3 is 2.79 bits per heavy atom. The summed E-state index contributed by atoms with van der Waals surface area (Å²) in [5.74, 6) is 0.711. The topological polar surface area (TPSA) is 56.0 Å². The van der Waals surface area contributed by atoms with Gasteiger partial charge in [0.25, 0.3) is 0 Å². The molecule has 19 heavy (non-hydrogen) atoms. The second-order valence-electron chi connectivity index (χ2n) is 5.56. The van der Waals surface area contributed by atoms with E-state index in [0.29, 0.717) is 18.0 Å². The van der Waals surface area contributed by atoms with Gasteiger partial charge in [0.15, 0.2) is 0 Å². The summed E-state index contributed by atoms with van der Waals surface area (Å²) in [5, 5.41) is 22.8. The summed E-state index contributed by atoms with van der Waals surface area (Å²) in [4.78, 5) is 0. The average molecular weight is 323 g/mol. The minimum absolute atomic E-state index is 0.510. The number of benzene rings is 1. The summed E-state index contributed by atoms with van der Waals surface area (Å²) < 4.78 is 0.889. The van der Waals surface area contributed by atoms with Crippen molar-refractivity contribution in [3.05, 3.63) is 28.2 Å². The monoisotopic (exact) mass is 322 g/mol. The van der Waals surface area contributed by atoms with Crippen molar-refractivity contribution < 1.29 is 5.11 Å². The molecule has 1 fully saturated rings. The van der Waals surface area contributed by atoms with Gasteiger partial charge >= 0.3 is 0 Å². The molecule has 1 aliphatic rings. The zero-order chi connectivity index (χ0) is 13.9. The number of hydrogen-bond acceptors (Lipinski definition) is 3. The highest BCUT2D eigenvalue weighted by molar-refractivity contribution is 9.10. The Morgan fingerprint density at radius 2 is 2.16 bits per heavy atom. The maximum atomic E-state index is 10.5. The molecule has 3 nitrogen and oxygen atoms in total. The van der Waals surface area contributed by atoms with E-state index >= 15 is 0 Å². The Morgan fingerprint density at radius 1 is 1.47 bits per heavy atom. The zero-order valence-electron chi connectivity index (χ0n) is 11.1. The van der Waals surface area contributed by atoms with E-state index in [4.69, 9.17) is 5.26 Å². The third-order valence-electron chi connectivity index (χ3n) is 3.91. The van der Waals surface area contributed by atoms with Crippen molar-refractivity contribution in [2.24, 2.45) is 5.92 Å². The van der Waals surface area contributed by atoms with Crippen molar-refractivity contribution in [1.82, 2.24) is 0 Å². The maximum absolute atomic E-state index is 10.5. The highest BCUT2D eigenvalue weighted by Crippen LogP contribution is 2.32. The lowest BCUT2D eigenvalue weighted by Gasteiger charge is -2.35. The van der Waals surface area contributed by atoms with Crippen LogP contribution in [0.4, 0.5) is 5.69 Å². The van der Waals surface area contributed by atoms with Gasteiger partial charge in [-0.05, 0) is 49.8 Å². The van der Waals surface area contributed by atoms with Crippen LogP contribution in [-0.4, -0.2) is 17.3 Å². The highest BCUT2D eigenvalue weighted by atomic mass is 79.9. The molecule has 4 heteroatoms. The second kappa shape index (κ2) is 5.94. The molecule has 1 aromatic rings. The first-order valence-corrected chi connectivity index (χ1v) is 7.48. The van der Waals surface area contributed by atoms with Gasteiger partial charge in [-0.3, -0.25) is 0 Å². The molecule has 0 amide bonds. The van der Waals surface area contributed by atoms with Crippen molar-refractivity contribution in [3.63, 3.8) is 0 Å². The predicted molar refractivity (Wildman–Crippen MR) is 79.9 cm³/mol. The molecule has 0 radical (unpaired) electrons. The van der Waals surface area contributed by atoms with Gasteiger partial charge in [-0.2, -0.15) is 5.26 Å². The van der Waals surface area contributed by atoms with Gasteiger partial charge in [0, 0.05) is 11.0 Å². The van der Waals surface area contributed by atoms with Gasteiger partial charge < -0.3 is 10.4 Å². The molecule has 0 saturated heterocycles. The van der Waals surface area contributed by atoms with Crippen LogP contribution in [0.5, 0.6) is 0 Å². The van der Waals surface area contributed by atoms with Gasteiger partial charge in [-0.25, -0.2) is 0 Å². The summed E-state index contributed by atoms with van der Waals surface area (Å²) >= 11 is 3.35. The minimum atomic E-state index is -0.633. The predicted octanol–water partition coefficient (Wildman–Crippen LogP) is 3.67. The summed E-state index contributed by atoms with van der Waals surface area (Å²) in [6.07, 6.45) is 3.81. The Labute approximate surface area is 122 Å². The van der Waals surface area contributed by atoms with E-state index in [0.717, 1.165) is 35.8 Å². The van der Waals surface area contributed by atoms with Crippen LogP contribution in [0, 0.1) is 17.2 Å². The molecule has 0 aliphatic heterocycles. The fourth-order valence-corrected chi connectivity index (χ4v) is 2.86.